The van der Waals surface area contributed by atoms with Gasteiger partial charge < -0.3 is 14.9 Å². The predicted molar refractivity (Wildman–Crippen MR) is 50.9 cm³/mol. The molecule has 0 aliphatic rings. The van der Waals surface area contributed by atoms with E-state index in [2.05, 4.69) is 10.2 Å². The van der Waals surface area contributed by atoms with E-state index in [9.17, 15) is 9.90 Å². The lowest BCUT2D eigenvalue weighted by molar-refractivity contribution is -0.139. The van der Waals surface area contributed by atoms with Gasteiger partial charge in [0.25, 0.3) is 0 Å². The van der Waals surface area contributed by atoms with Crippen LogP contribution in [0, 0.1) is 0 Å². The van der Waals surface area contributed by atoms with Crippen molar-refractivity contribution in [3.05, 3.63) is 18.2 Å². The number of fused-ring (bicyclic) bond motifs is 1. The maximum atomic E-state index is 10.3. The molecule has 0 amide bonds. The van der Waals surface area contributed by atoms with E-state index in [1.54, 1.807) is 12.1 Å². The number of rotatable bonds is 3. The number of carbonyl (C=O) groups is 1. The van der Waals surface area contributed by atoms with Crippen LogP contribution in [0.3, 0.4) is 0 Å². The number of hydrogen-bond donors (Lipinski definition) is 3. The summed E-state index contributed by atoms with van der Waals surface area (Å²) >= 11 is 0. The fraction of sp³-hybridized carbons (Fsp3) is 0.111. The molecule has 0 spiro atoms. The van der Waals surface area contributed by atoms with Crippen LogP contribution in [0.4, 0.5) is 0 Å². The van der Waals surface area contributed by atoms with Gasteiger partial charge in [0.1, 0.15) is 11.1 Å². The Hall–Kier alpha value is -2.24. The van der Waals surface area contributed by atoms with Crippen LogP contribution in [0.1, 0.15) is 0 Å². The van der Waals surface area contributed by atoms with Crippen molar-refractivity contribution in [2.45, 2.75) is 0 Å². The zero-order chi connectivity index (χ0) is 10.8. The van der Waals surface area contributed by atoms with Gasteiger partial charge in [-0.3, -0.25) is 5.10 Å². The first-order chi connectivity index (χ1) is 7.18. The number of ether oxygens (including phenoxy) is 1. The smallest absolute Gasteiger partial charge is 0.341 e. The highest BCUT2D eigenvalue weighted by Crippen LogP contribution is 2.30. The van der Waals surface area contributed by atoms with Crippen LogP contribution in [-0.4, -0.2) is 33.0 Å². The molecule has 6 heteroatoms. The van der Waals surface area contributed by atoms with Crippen molar-refractivity contribution >= 4 is 16.9 Å². The number of nitrogens with zero attached hydrogens (tertiary/aromatic N) is 1. The number of carboxylic acid groups (broad SMARTS) is 1. The molecule has 0 unspecified atom stereocenters. The van der Waals surface area contributed by atoms with Gasteiger partial charge in [-0.2, -0.15) is 0 Å². The van der Waals surface area contributed by atoms with Crippen LogP contribution in [0.15, 0.2) is 18.2 Å². The lowest BCUT2D eigenvalue weighted by atomic mass is 10.2. The van der Waals surface area contributed by atoms with Crippen molar-refractivity contribution < 1.29 is 19.7 Å². The van der Waals surface area contributed by atoms with Crippen molar-refractivity contribution in [2.75, 3.05) is 6.61 Å². The Kier molecular flexibility index (Phi) is 2.17. The summed E-state index contributed by atoms with van der Waals surface area (Å²) in [5.41, 5.74) is 0.593. The normalized spacial score (nSPS) is 10.4. The van der Waals surface area contributed by atoms with Crippen LogP contribution in [0.25, 0.3) is 10.9 Å². The number of H-pyrrole nitrogens is 1. The summed E-state index contributed by atoms with van der Waals surface area (Å²) in [4.78, 5) is 10.3. The topological polar surface area (TPSA) is 95.4 Å². The van der Waals surface area contributed by atoms with Crippen molar-refractivity contribution in [3.8, 4) is 11.6 Å². The van der Waals surface area contributed by atoms with Crippen molar-refractivity contribution in [3.63, 3.8) is 0 Å². The van der Waals surface area contributed by atoms with E-state index >= 15 is 0 Å². The summed E-state index contributed by atoms with van der Waals surface area (Å²) in [6.07, 6.45) is 0. The fourth-order valence-corrected chi connectivity index (χ4v) is 1.26. The monoisotopic (exact) mass is 208 g/mol. The molecule has 0 bridgehead atoms. The van der Waals surface area contributed by atoms with Gasteiger partial charge in [-0.15, -0.1) is 5.10 Å². The Morgan fingerprint density at radius 2 is 2.33 bits per heavy atom. The number of phenolic OH excluding ortho intramolecular Hbond substituents is 1. The molecular weight excluding hydrogens is 200 g/mol. The van der Waals surface area contributed by atoms with E-state index in [4.69, 9.17) is 9.84 Å². The van der Waals surface area contributed by atoms with Gasteiger partial charge in [-0.1, -0.05) is 6.07 Å². The number of phenols is 1. The highest BCUT2D eigenvalue weighted by atomic mass is 16.5. The maximum Gasteiger partial charge on any atom is 0.341 e. The van der Waals surface area contributed by atoms with Crippen molar-refractivity contribution in [2.24, 2.45) is 0 Å². The SMILES string of the molecule is O=C(O)COc1n[nH]c2cccc(O)c12. The van der Waals surface area contributed by atoms with Gasteiger partial charge in [0, 0.05) is 0 Å². The Labute approximate surface area is 84.1 Å². The van der Waals surface area contributed by atoms with Crippen LogP contribution < -0.4 is 4.74 Å². The quantitative estimate of drug-likeness (QED) is 0.691. The molecule has 78 valence electrons. The van der Waals surface area contributed by atoms with Gasteiger partial charge in [-0.05, 0) is 12.1 Å². The van der Waals surface area contributed by atoms with Gasteiger partial charge in [0.15, 0.2) is 6.61 Å². The van der Waals surface area contributed by atoms with E-state index in [1.807, 2.05) is 0 Å². The summed E-state index contributed by atoms with van der Waals surface area (Å²) in [6, 6.07) is 4.83. The average molecular weight is 208 g/mol. The molecule has 3 N–H and O–H groups in total. The number of benzene rings is 1. The highest BCUT2D eigenvalue weighted by Gasteiger charge is 2.11. The zero-order valence-electron chi connectivity index (χ0n) is 7.60. The third-order valence-electron chi connectivity index (χ3n) is 1.87. The van der Waals surface area contributed by atoms with Crippen molar-refractivity contribution in [1.29, 1.82) is 0 Å². The summed E-state index contributed by atoms with van der Waals surface area (Å²) in [7, 11) is 0. The summed E-state index contributed by atoms with van der Waals surface area (Å²) < 4.78 is 4.90. The molecule has 1 aromatic heterocycles. The molecule has 1 heterocycles. The predicted octanol–water partition coefficient (Wildman–Crippen LogP) is 0.732. The average Bonchev–Trinajstić information content (AvgIpc) is 2.59. The number of aromatic amines is 1. The Bertz CT molecular complexity index is 506. The molecule has 1 aromatic carbocycles. The van der Waals surface area contributed by atoms with Crippen molar-refractivity contribution in [1.82, 2.24) is 10.2 Å². The Balaban J connectivity index is 2.39. The molecule has 0 aliphatic heterocycles. The standard InChI is InChI=1S/C9H8N2O4/c12-6-3-1-2-5-8(6)9(11-10-5)15-4-7(13)14/h1-3,12H,4H2,(H,10,11)(H,13,14). The van der Waals surface area contributed by atoms with Crippen LogP contribution in [0.5, 0.6) is 11.6 Å². The van der Waals surface area contributed by atoms with E-state index in [0.717, 1.165) is 0 Å². The molecule has 2 aromatic rings. The second kappa shape index (κ2) is 3.49. The number of nitrogens with one attached hydrogen (secondary N) is 1. The molecule has 0 fully saturated rings. The number of aromatic hydroxyl groups is 1. The molecule has 0 aliphatic carbocycles. The van der Waals surface area contributed by atoms with Gasteiger partial charge in [-0.25, -0.2) is 4.79 Å². The third kappa shape index (κ3) is 1.69. The first-order valence-electron chi connectivity index (χ1n) is 4.19. The highest BCUT2D eigenvalue weighted by molar-refractivity contribution is 5.89. The molecule has 0 radical (unpaired) electrons. The molecular formula is C9H8N2O4. The molecule has 15 heavy (non-hydrogen) atoms. The Morgan fingerprint density at radius 1 is 1.53 bits per heavy atom. The first-order valence-corrected chi connectivity index (χ1v) is 4.19. The van der Waals surface area contributed by atoms with Crippen LogP contribution in [0.2, 0.25) is 0 Å². The number of aliphatic carboxylic acids is 1. The maximum absolute atomic E-state index is 10.3. The number of carboxylic acids is 1. The number of aromatic nitrogens is 2. The Morgan fingerprint density at radius 3 is 3.07 bits per heavy atom. The second-order valence-corrected chi connectivity index (χ2v) is 2.91. The molecule has 0 saturated heterocycles. The van der Waals surface area contributed by atoms with E-state index in [-0.39, 0.29) is 11.6 Å². The van der Waals surface area contributed by atoms with Crippen LogP contribution in [-0.2, 0) is 4.79 Å². The lowest BCUT2D eigenvalue weighted by Crippen LogP contribution is -2.09. The minimum absolute atomic E-state index is 0.00152. The van der Waals surface area contributed by atoms with Gasteiger partial charge >= 0.3 is 5.97 Å². The van der Waals surface area contributed by atoms with Gasteiger partial charge in [0.2, 0.25) is 5.88 Å². The van der Waals surface area contributed by atoms with E-state index in [0.29, 0.717) is 10.9 Å². The largest absolute Gasteiger partial charge is 0.507 e. The molecule has 2 rings (SSSR count). The first kappa shape index (κ1) is 9.32. The van der Waals surface area contributed by atoms with E-state index in [1.165, 1.54) is 6.07 Å². The second-order valence-electron chi connectivity index (χ2n) is 2.91. The molecule has 0 saturated carbocycles. The summed E-state index contributed by atoms with van der Waals surface area (Å²) in [5, 5.41) is 24.7. The number of hydrogen-bond acceptors (Lipinski definition) is 4. The lowest BCUT2D eigenvalue weighted by Gasteiger charge is -1.99. The van der Waals surface area contributed by atoms with Gasteiger partial charge in [0.05, 0.1) is 5.52 Å². The van der Waals surface area contributed by atoms with Crippen LogP contribution >= 0.6 is 0 Å². The fourth-order valence-electron chi connectivity index (χ4n) is 1.26. The summed E-state index contributed by atoms with van der Waals surface area (Å²) in [5.74, 6) is -1.01. The molecule has 0 atom stereocenters. The third-order valence-corrected chi connectivity index (χ3v) is 1.87. The summed E-state index contributed by atoms with van der Waals surface area (Å²) in [6.45, 7) is -0.492. The minimum Gasteiger partial charge on any atom is -0.507 e. The van der Waals surface area contributed by atoms with E-state index < -0.39 is 12.6 Å². The zero-order valence-corrected chi connectivity index (χ0v) is 7.60. The minimum atomic E-state index is -1.10. The molecule has 6 nitrogen and oxygen atoms in total.